The molecule has 2 atom stereocenters. The number of ether oxygens (including phenoxy) is 2. The lowest BCUT2D eigenvalue weighted by Crippen LogP contribution is -2.36. The molecule has 0 aromatic heterocycles. The Hall–Kier alpha value is -1.15. The lowest BCUT2D eigenvalue weighted by Gasteiger charge is -2.19. The first-order chi connectivity index (χ1) is 8.09. The molecule has 0 spiro atoms. The van der Waals surface area contributed by atoms with Gasteiger partial charge in [0.05, 0.1) is 13.5 Å². The smallest absolute Gasteiger partial charge is 0.327 e. The van der Waals surface area contributed by atoms with Gasteiger partial charge < -0.3 is 9.47 Å². The Morgan fingerprint density at radius 1 is 1.22 bits per heavy atom. The average Bonchev–Trinajstić information content (AvgIpc) is 2.23. The molecule has 2 unspecified atom stereocenters. The summed E-state index contributed by atoms with van der Waals surface area (Å²) in [7, 11) is -3.67. The Balaban J connectivity index is 4.89. The number of carbonyl (C=O) groups is 2. The van der Waals surface area contributed by atoms with Crippen molar-refractivity contribution in [2.75, 3.05) is 7.11 Å². The minimum Gasteiger partial charge on any atom is -0.469 e. The van der Waals surface area contributed by atoms with Crippen LogP contribution in [0.5, 0.6) is 0 Å². The summed E-state index contributed by atoms with van der Waals surface area (Å²) in [5.41, 5.74) is 0. The van der Waals surface area contributed by atoms with Crippen molar-refractivity contribution in [2.45, 2.75) is 38.5 Å². The summed E-state index contributed by atoms with van der Waals surface area (Å²) in [5.74, 6) is -2.11. The molecule has 0 bridgehead atoms. The Labute approximate surface area is 106 Å². The van der Waals surface area contributed by atoms with E-state index in [-0.39, 0.29) is 5.92 Å². The van der Waals surface area contributed by atoms with E-state index < -0.39 is 39.8 Å². The second kappa shape index (κ2) is 6.69. The van der Waals surface area contributed by atoms with Gasteiger partial charge in [-0.25, -0.2) is 0 Å². The second-order valence-electron chi connectivity index (χ2n) is 4.17. The largest absolute Gasteiger partial charge is 0.469 e. The van der Waals surface area contributed by atoms with E-state index in [0.29, 0.717) is 0 Å². The molecule has 106 valence electrons. The maximum atomic E-state index is 11.6. The zero-order valence-electron chi connectivity index (χ0n) is 10.7. The molecule has 0 aliphatic carbocycles. The van der Waals surface area contributed by atoms with E-state index in [1.807, 2.05) is 0 Å². The van der Waals surface area contributed by atoms with Gasteiger partial charge >= 0.3 is 11.9 Å². The Bertz CT molecular complexity index is 398. The molecule has 0 saturated carbocycles. The molecule has 0 aromatic carbocycles. The highest BCUT2D eigenvalue weighted by molar-refractivity contribution is 7.87. The Morgan fingerprint density at radius 3 is 2.06 bits per heavy atom. The third-order valence-corrected chi connectivity index (χ3v) is 3.52. The first kappa shape index (κ1) is 16.9. The molecule has 0 heterocycles. The van der Waals surface area contributed by atoms with E-state index >= 15 is 0 Å². The lowest BCUT2D eigenvalue weighted by molar-refractivity contribution is -0.153. The van der Waals surface area contributed by atoms with Gasteiger partial charge in [-0.2, -0.15) is 8.42 Å². The molecule has 0 saturated heterocycles. The predicted octanol–water partition coefficient (Wildman–Crippen LogP) is 0.394. The van der Waals surface area contributed by atoms with E-state index in [2.05, 4.69) is 4.74 Å². The van der Waals surface area contributed by atoms with Crippen molar-refractivity contribution in [3.8, 4) is 0 Å². The van der Waals surface area contributed by atoms with Gasteiger partial charge in [-0.3, -0.25) is 14.1 Å². The summed E-state index contributed by atoms with van der Waals surface area (Å²) in [6.45, 7) is 5.14. The van der Waals surface area contributed by atoms with Crippen LogP contribution in [-0.4, -0.2) is 43.4 Å². The summed E-state index contributed by atoms with van der Waals surface area (Å²) in [4.78, 5) is 22.6. The number of methoxy groups -OCH3 is 1. The van der Waals surface area contributed by atoms with Crippen LogP contribution in [0.1, 0.15) is 27.2 Å². The van der Waals surface area contributed by atoms with Crippen molar-refractivity contribution >= 4 is 22.1 Å². The zero-order valence-corrected chi connectivity index (χ0v) is 11.6. The van der Waals surface area contributed by atoms with Crippen molar-refractivity contribution in [3.05, 3.63) is 0 Å². The number of hydrogen-bond donors (Lipinski definition) is 1. The quantitative estimate of drug-likeness (QED) is 0.554. The molecule has 0 amide bonds. The third kappa shape index (κ3) is 5.46. The summed E-state index contributed by atoms with van der Waals surface area (Å²) >= 11 is 0. The van der Waals surface area contributed by atoms with Crippen LogP contribution in [0.2, 0.25) is 0 Å². The standard InChI is InChI=1S/C10H18O7S/c1-6(2)7(3)17-10(12)8(18(13,14)15)5-9(11)16-4/h6-8H,5H2,1-4H3,(H,13,14,15). The molecular weight excluding hydrogens is 264 g/mol. The van der Waals surface area contributed by atoms with Crippen molar-refractivity contribution in [1.29, 1.82) is 0 Å². The Morgan fingerprint density at radius 2 is 1.72 bits per heavy atom. The fourth-order valence-electron chi connectivity index (χ4n) is 0.940. The van der Waals surface area contributed by atoms with Crippen LogP contribution in [0.3, 0.4) is 0 Å². The molecule has 0 rings (SSSR count). The number of carbonyl (C=O) groups excluding carboxylic acids is 2. The molecule has 8 heteroatoms. The number of rotatable bonds is 6. The van der Waals surface area contributed by atoms with Crippen LogP contribution in [0.25, 0.3) is 0 Å². The highest BCUT2D eigenvalue weighted by Crippen LogP contribution is 2.13. The minimum absolute atomic E-state index is 0.0193. The molecule has 0 aliphatic heterocycles. The van der Waals surface area contributed by atoms with Crippen LogP contribution in [0, 0.1) is 5.92 Å². The van der Waals surface area contributed by atoms with Crippen molar-refractivity contribution in [1.82, 2.24) is 0 Å². The molecule has 0 aliphatic rings. The van der Waals surface area contributed by atoms with E-state index in [9.17, 15) is 18.0 Å². The zero-order chi connectivity index (χ0) is 14.5. The number of hydrogen-bond acceptors (Lipinski definition) is 6. The highest BCUT2D eigenvalue weighted by Gasteiger charge is 2.36. The van der Waals surface area contributed by atoms with Gasteiger partial charge in [0.15, 0.2) is 5.25 Å². The maximum Gasteiger partial charge on any atom is 0.327 e. The van der Waals surface area contributed by atoms with E-state index in [0.717, 1.165) is 7.11 Å². The first-order valence-corrected chi connectivity index (χ1v) is 6.83. The molecule has 0 aromatic rings. The van der Waals surface area contributed by atoms with Crippen LogP contribution in [0.4, 0.5) is 0 Å². The van der Waals surface area contributed by atoms with Gasteiger partial charge in [0.2, 0.25) is 0 Å². The number of esters is 2. The maximum absolute atomic E-state index is 11.6. The van der Waals surface area contributed by atoms with E-state index in [4.69, 9.17) is 9.29 Å². The van der Waals surface area contributed by atoms with Crippen molar-refractivity contribution in [3.63, 3.8) is 0 Å². The topological polar surface area (TPSA) is 107 Å². The lowest BCUT2D eigenvalue weighted by atomic mass is 10.1. The van der Waals surface area contributed by atoms with Crippen LogP contribution in [0.15, 0.2) is 0 Å². The van der Waals surface area contributed by atoms with Crippen molar-refractivity contribution < 1.29 is 32.0 Å². The summed E-state index contributed by atoms with van der Waals surface area (Å²) in [6, 6.07) is 0. The fraction of sp³-hybridized carbons (Fsp3) is 0.800. The van der Waals surface area contributed by atoms with Gasteiger partial charge in [-0.15, -0.1) is 0 Å². The monoisotopic (exact) mass is 282 g/mol. The van der Waals surface area contributed by atoms with Crippen molar-refractivity contribution in [2.24, 2.45) is 5.92 Å². The summed E-state index contributed by atoms with van der Waals surface area (Å²) < 4.78 is 40.1. The summed E-state index contributed by atoms with van der Waals surface area (Å²) in [6.07, 6.45) is -1.31. The molecular formula is C10H18O7S. The highest BCUT2D eigenvalue weighted by atomic mass is 32.2. The first-order valence-electron chi connectivity index (χ1n) is 5.33. The van der Waals surface area contributed by atoms with Gasteiger partial charge in [0.25, 0.3) is 10.1 Å². The Kier molecular flexibility index (Phi) is 6.27. The molecule has 0 radical (unpaired) electrons. The molecule has 18 heavy (non-hydrogen) atoms. The van der Waals surface area contributed by atoms with Gasteiger partial charge in [0, 0.05) is 0 Å². The van der Waals surface area contributed by atoms with Gasteiger partial charge in [0.1, 0.15) is 6.10 Å². The summed E-state index contributed by atoms with van der Waals surface area (Å²) in [5, 5.41) is -1.95. The van der Waals surface area contributed by atoms with Crippen LogP contribution in [-0.2, 0) is 29.2 Å². The third-order valence-electron chi connectivity index (χ3n) is 2.44. The molecule has 0 fully saturated rings. The minimum atomic E-state index is -4.72. The molecule has 7 nitrogen and oxygen atoms in total. The van der Waals surface area contributed by atoms with Crippen LogP contribution < -0.4 is 0 Å². The fourth-order valence-corrected chi connectivity index (χ4v) is 1.59. The van der Waals surface area contributed by atoms with Crippen LogP contribution >= 0.6 is 0 Å². The van der Waals surface area contributed by atoms with E-state index in [1.165, 1.54) is 0 Å². The average molecular weight is 282 g/mol. The second-order valence-corrected chi connectivity index (χ2v) is 5.77. The predicted molar refractivity (Wildman–Crippen MR) is 62.4 cm³/mol. The molecule has 1 N–H and O–H groups in total. The van der Waals surface area contributed by atoms with E-state index in [1.54, 1.807) is 20.8 Å². The normalized spacial score (nSPS) is 15.0. The van der Waals surface area contributed by atoms with Gasteiger partial charge in [-0.1, -0.05) is 13.8 Å². The SMILES string of the molecule is COC(=O)CC(C(=O)OC(C)C(C)C)S(=O)(=O)O. The van der Waals surface area contributed by atoms with Gasteiger partial charge in [-0.05, 0) is 12.8 Å².